The molecular formula is C19H28O13. The Hall–Kier alpha value is -1.84. The lowest BCUT2D eigenvalue weighted by molar-refractivity contribution is -0.347. The van der Waals surface area contributed by atoms with Crippen LogP contribution in [0.5, 0.6) is 0 Å². The number of carbonyl (C=O) groups is 2. The highest BCUT2D eigenvalue weighted by Crippen LogP contribution is 2.50. The Labute approximate surface area is 182 Å². The summed E-state index contributed by atoms with van der Waals surface area (Å²) in [5, 5.41) is 61.4. The molecule has 0 aromatic heterocycles. The summed E-state index contributed by atoms with van der Waals surface area (Å²) in [5.41, 5.74) is -1.99. The van der Waals surface area contributed by atoms with Crippen LogP contribution >= 0.6 is 0 Å². The average molecular weight is 464 g/mol. The second kappa shape index (κ2) is 9.57. The van der Waals surface area contributed by atoms with E-state index in [1.165, 1.54) is 0 Å². The first-order chi connectivity index (χ1) is 15.0. The second-order valence-electron chi connectivity index (χ2n) is 8.11. The van der Waals surface area contributed by atoms with Crippen molar-refractivity contribution in [1.82, 2.24) is 0 Å². The van der Waals surface area contributed by atoms with Crippen molar-refractivity contribution in [2.45, 2.75) is 62.0 Å². The third-order valence-corrected chi connectivity index (χ3v) is 6.03. The van der Waals surface area contributed by atoms with Gasteiger partial charge in [-0.1, -0.05) is 0 Å². The summed E-state index contributed by atoms with van der Waals surface area (Å²) >= 11 is 0. The molecule has 0 radical (unpaired) electrons. The largest absolute Gasteiger partial charge is 0.471 e. The molecule has 1 saturated heterocycles. The van der Waals surface area contributed by atoms with Crippen LogP contribution in [0.15, 0.2) is 11.8 Å². The topological polar surface area (TPSA) is 202 Å². The van der Waals surface area contributed by atoms with E-state index in [-0.39, 0.29) is 12.0 Å². The summed E-state index contributed by atoms with van der Waals surface area (Å²) in [6.07, 6.45) is -10.00. The van der Waals surface area contributed by atoms with Crippen molar-refractivity contribution in [2.75, 3.05) is 20.3 Å². The average Bonchev–Trinajstić information content (AvgIpc) is 3.03. The van der Waals surface area contributed by atoms with Gasteiger partial charge in [0.15, 0.2) is 6.29 Å². The third kappa shape index (κ3) is 4.47. The molecule has 32 heavy (non-hydrogen) atoms. The highest BCUT2D eigenvalue weighted by Gasteiger charge is 2.62. The van der Waals surface area contributed by atoms with Gasteiger partial charge < -0.3 is 54.3 Å². The van der Waals surface area contributed by atoms with Gasteiger partial charge in [-0.25, -0.2) is 4.79 Å². The van der Waals surface area contributed by atoms with Crippen molar-refractivity contribution < 1.29 is 63.9 Å². The maximum absolute atomic E-state index is 12.2. The van der Waals surface area contributed by atoms with Crippen molar-refractivity contribution in [3.8, 4) is 0 Å². The minimum absolute atomic E-state index is 0.0857. The molecule has 0 aromatic carbocycles. The summed E-state index contributed by atoms with van der Waals surface area (Å²) < 4.78 is 26.1. The van der Waals surface area contributed by atoms with Crippen LogP contribution in [-0.2, 0) is 33.3 Å². The molecule has 2 heterocycles. The van der Waals surface area contributed by atoms with Crippen molar-refractivity contribution >= 4 is 11.9 Å². The molecule has 1 saturated carbocycles. The molecule has 0 bridgehead atoms. The summed E-state index contributed by atoms with van der Waals surface area (Å²) in [5.74, 6) is -3.75. The lowest BCUT2D eigenvalue weighted by Gasteiger charge is -2.44. The highest BCUT2D eigenvalue weighted by molar-refractivity contribution is 5.89. The molecule has 13 nitrogen and oxygen atoms in total. The van der Waals surface area contributed by atoms with Crippen LogP contribution in [0.2, 0.25) is 0 Å². The van der Waals surface area contributed by atoms with Gasteiger partial charge in [-0.3, -0.25) is 4.79 Å². The fourth-order valence-corrected chi connectivity index (χ4v) is 4.44. The first-order valence-corrected chi connectivity index (χ1v) is 9.97. The number of methoxy groups -OCH3 is 1. The molecule has 3 rings (SSSR count). The van der Waals surface area contributed by atoms with Crippen LogP contribution in [0.25, 0.3) is 0 Å². The maximum atomic E-state index is 12.2. The van der Waals surface area contributed by atoms with Crippen molar-refractivity contribution in [1.29, 1.82) is 0 Å². The number of rotatable bonds is 6. The van der Waals surface area contributed by atoms with E-state index in [9.17, 15) is 40.2 Å². The zero-order chi connectivity index (χ0) is 23.8. The molecule has 1 aliphatic carbocycles. The predicted octanol–water partition coefficient (Wildman–Crippen LogP) is -3.49. The standard InChI is InChI=1S/C19H28O13/c1-7(21)30-6-19(27)3-9(22)11-8(16(26)28-2)5-29-17(12(11)19)32-18-15(25)14(24)13(23)10(4-20)31-18/h5,9-15,17-18,20,22-25,27H,3-4,6H2,1-2H3. The molecule has 10 unspecified atom stereocenters. The van der Waals surface area contributed by atoms with E-state index in [0.29, 0.717) is 0 Å². The van der Waals surface area contributed by atoms with Gasteiger partial charge >= 0.3 is 11.9 Å². The summed E-state index contributed by atoms with van der Waals surface area (Å²) in [4.78, 5) is 23.5. The van der Waals surface area contributed by atoms with E-state index in [4.69, 9.17) is 23.7 Å². The quantitative estimate of drug-likeness (QED) is 0.212. The molecule has 0 spiro atoms. The van der Waals surface area contributed by atoms with E-state index in [2.05, 4.69) is 0 Å². The fraction of sp³-hybridized carbons (Fsp3) is 0.789. The van der Waals surface area contributed by atoms with Gasteiger partial charge in [0.2, 0.25) is 6.29 Å². The Morgan fingerprint density at radius 1 is 1.16 bits per heavy atom. The van der Waals surface area contributed by atoms with Crippen molar-refractivity contribution in [2.24, 2.45) is 11.8 Å². The normalized spacial score (nSPS) is 43.6. The molecule has 0 amide bonds. The van der Waals surface area contributed by atoms with Crippen LogP contribution in [0, 0.1) is 11.8 Å². The molecule has 10 atom stereocenters. The number of ether oxygens (including phenoxy) is 5. The number of hydrogen-bond donors (Lipinski definition) is 6. The SMILES string of the molecule is COC(=O)C1=COC(OC2OC(CO)C(O)C(O)C2O)C2C1C(O)CC2(O)COC(C)=O. The first kappa shape index (κ1) is 24.8. The predicted molar refractivity (Wildman–Crippen MR) is 99.0 cm³/mol. The van der Waals surface area contributed by atoms with Crippen LogP contribution in [0.1, 0.15) is 13.3 Å². The molecular weight excluding hydrogens is 436 g/mol. The minimum Gasteiger partial charge on any atom is -0.471 e. The van der Waals surface area contributed by atoms with E-state index in [0.717, 1.165) is 20.3 Å². The molecule has 13 heteroatoms. The lowest BCUT2D eigenvalue weighted by atomic mass is 9.80. The summed E-state index contributed by atoms with van der Waals surface area (Å²) in [7, 11) is 1.13. The molecule has 6 N–H and O–H groups in total. The highest BCUT2D eigenvalue weighted by atomic mass is 16.8. The lowest BCUT2D eigenvalue weighted by Crippen LogP contribution is -2.61. The van der Waals surface area contributed by atoms with Gasteiger partial charge in [0.1, 0.15) is 36.6 Å². The Kier molecular flexibility index (Phi) is 7.41. The van der Waals surface area contributed by atoms with Crippen LogP contribution in [0.4, 0.5) is 0 Å². The molecule has 0 aromatic rings. The van der Waals surface area contributed by atoms with Crippen molar-refractivity contribution in [3.63, 3.8) is 0 Å². The van der Waals surface area contributed by atoms with Crippen LogP contribution < -0.4 is 0 Å². The van der Waals surface area contributed by atoms with Crippen LogP contribution in [-0.4, -0.2) is 112 Å². The molecule has 2 aliphatic heterocycles. The monoisotopic (exact) mass is 464 g/mol. The Morgan fingerprint density at radius 3 is 2.44 bits per heavy atom. The van der Waals surface area contributed by atoms with E-state index in [1.807, 2.05) is 0 Å². The maximum Gasteiger partial charge on any atom is 0.337 e. The second-order valence-corrected chi connectivity index (χ2v) is 8.11. The zero-order valence-corrected chi connectivity index (χ0v) is 17.4. The number of hydrogen-bond acceptors (Lipinski definition) is 13. The van der Waals surface area contributed by atoms with Gasteiger partial charge in [-0.15, -0.1) is 0 Å². The Balaban J connectivity index is 1.91. The number of fused-ring (bicyclic) bond motifs is 1. The summed E-state index contributed by atoms with van der Waals surface area (Å²) in [6, 6.07) is 0. The Morgan fingerprint density at radius 2 is 1.84 bits per heavy atom. The van der Waals surface area contributed by atoms with Crippen molar-refractivity contribution in [3.05, 3.63) is 11.8 Å². The van der Waals surface area contributed by atoms with E-state index >= 15 is 0 Å². The zero-order valence-electron chi connectivity index (χ0n) is 17.4. The molecule has 3 aliphatic rings. The number of carbonyl (C=O) groups excluding carboxylic acids is 2. The van der Waals surface area contributed by atoms with E-state index in [1.54, 1.807) is 0 Å². The summed E-state index contributed by atoms with van der Waals surface area (Å²) in [6.45, 7) is -0.109. The molecule has 2 fully saturated rings. The number of aliphatic hydroxyl groups excluding tert-OH is 5. The van der Waals surface area contributed by atoms with Gasteiger partial charge in [0.05, 0.1) is 37.6 Å². The molecule has 182 valence electrons. The number of aliphatic hydroxyl groups is 6. The minimum atomic E-state index is -1.90. The van der Waals surface area contributed by atoms with Crippen LogP contribution in [0.3, 0.4) is 0 Å². The number of esters is 2. The first-order valence-electron chi connectivity index (χ1n) is 9.97. The van der Waals surface area contributed by atoms with E-state index < -0.39 is 85.7 Å². The third-order valence-electron chi connectivity index (χ3n) is 6.03. The smallest absolute Gasteiger partial charge is 0.337 e. The fourth-order valence-electron chi connectivity index (χ4n) is 4.44. The van der Waals surface area contributed by atoms with Gasteiger partial charge in [-0.05, 0) is 0 Å². The Bertz CT molecular complexity index is 739. The van der Waals surface area contributed by atoms with Gasteiger partial charge in [0, 0.05) is 19.3 Å². The van der Waals surface area contributed by atoms with Gasteiger partial charge in [0.25, 0.3) is 0 Å². The van der Waals surface area contributed by atoms with Gasteiger partial charge in [-0.2, -0.15) is 0 Å².